The van der Waals surface area contributed by atoms with Gasteiger partial charge in [0, 0.05) is 0 Å². The Bertz CT molecular complexity index is 1220. The number of hydrogen-bond donors (Lipinski definition) is 3. The summed E-state index contributed by atoms with van der Waals surface area (Å²) < 4.78 is 7.14. The highest BCUT2D eigenvalue weighted by Gasteiger charge is 2.17. The minimum Gasteiger partial charge on any atom is -0.457 e. The van der Waals surface area contributed by atoms with E-state index >= 15 is 0 Å². The quantitative estimate of drug-likeness (QED) is 0.285. The van der Waals surface area contributed by atoms with Gasteiger partial charge in [-0.25, -0.2) is 10.1 Å². The molecule has 0 bridgehead atoms. The van der Waals surface area contributed by atoms with E-state index in [1.807, 2.05) is 84.9 Å². The van der Waals surface area contributed by atoms with Crippen molar-refractivity contribution in [2.75, 3.05) is 5.73 Å². The molecule has 0 aliphatic heterocycles. The minimum absolute atomic E-state index is 0.129. The molecule has 0 aliphatic carbocycles. The van der Waals surface area contributed by atoms with Gasteiger partial charge in [-0.1, -0.05) is 48.5 Å². The average Bonchev–Trinajstić information content (AvgIpc) is 3.21. The fourth-order valence-electron chi connectivity index (χ4n) is 3.13. The molecule has 3 aromatic carbocycles. The lowest BCUT2D eigenvalue weighted by Crippen LogP contribution is -2.19. The Morgan fingerprint density at radius 1 is 1.03 bits per heavy atom. The van der Waals surface area contributed by atoms with Gasteiger partial charge >= 0.3 is 0 Å². The fraction of sp³-hybridized carbons (Fsp3) is 0.0800. The van der Waals surface area contributed by atoms with E-state index in [4.69, 9.17) is 10.5 Å². The summed E-state index contributed by atoms with van der Waals surface area (Å²) in [6.45, 7) is 0.129. The number of ether oxygens (including phenoxy) is 1. The SMILES string of the molecule is Nc1c(C(=O)N/N=C/c2ccc(Oc3ccccc3)cc2)cnn1CC(O)c1ccccc1. The third-order valence-corrected chi connectivity index (χ3v) is 4.89. The monoisotopic (exact) mass is 441 g/mol. The number of aliphatic hydroxyl groups excluding tert-OH is 1. The molecular formula is C25H23N5O3. The maximum Gasteiger partial charge on any atom is 0.276 e. The van der Waals surface area contributed by atoms with Crippen molar-refractivity contribution in [1.82, 2.24) is 15.2 Å². The molecule has 1 aromatic heterocycles. The normalized spacial score (nSPS) is 11.9. The fourth-order valence-corrected chi connectivity index (χ4v) is 3.13. The smallest absolute Gasteiger partial charge is 0.276 e. The van der Waals surface area contributed by atoms with Crippen molar-refractivity contribution in [3.63, 3.8) is 0 Å². The van der Waals surface area contributed by atoms with E-state index < -0.39 is 12.0 Å². The number of hydrogen-bond acceptors (Lipinski definition) is 6. The second kappa shape index (κ2) is 10.3. The van der Waals surface area contributed by atoms with Gasteiger partial charge in [0.2, 0.25) is 0 Å². The summed E-state index contributed by atoms with van der Waals surface area (Å²) in [5.41, 5.74) is 10.2. The first kappa shape index (κ1) is 21.8. The Kier molecular flexibility index (Phi) is 6.77. The number of rotatable bonds is 8. The predicted molar refractivity (Wildman–Crippen MR) is 126 cm³/mol. The minimum atomic E-state index is -0.795. The molecule has 1 amide bonds. The highest BCUT2D eigenvalue weighted by molar-refractivity contribution is 5.98. The summed E-state index contributed by atoms with van der Waals surface area (Å²) in [4.78, 5) is 12.4. The van der Waals surface area contributed by atoms with Crippen molar-refractivity contribution in [2.45, 2.75) is 12.6 Å². The standard InChI is InChI=1S/C25H23N5O3/c26-24-22(16-28-30(24)17-23(31)19-7-3-1-4-8-19)25(32)29-27-15-18-11-13-21(14-12-18)33-20-9-5-2-6-10-20/h1-16,23,31H,17,26H2,(H,29,32)/b27-15+. The van der Waals surface area contributed by atoms with Crippen LogP contribution < -0.4 is 15.9 Å². The molecule has 8 nitrogen and oxygen atoms in total. The van der Waals surface area contributed by atoms with Gasteiger partial charge < -0.3 is 15.6 Å². The number of nitrogen functional groups attached to an aromatic ring is 1. The summed E-state index contributed by atoms with van der Waals surface area (Å²) in [7, 11) is 0. The van der Waals surface area contributed by atoms with Gasteiger partial charge in [0.05, 0.1) is 25.1 Å². The third kappa shape index (κ3) is 5.63. The number of anilines is 1. The maximum absolute atomic E-state index is 12.4. The molecule has 0 saturated heterocycles. The van der Waals surface area contributed by atoms with Gasteiger partial charge in [0.1, 0.15) is 22.9 Å². The Morgan fingerprint density at radius 3 is 2.36 bits per heavy atom. The number of aliphatic hydroxyl groups is 1. The van der Waals surface area contributed by atoms with Crippen molar-refractivity contribution < 1.29 is 14.6 Å². The lowest BCUT2D eigenvalue weighted by molar-refractivity contribution is 0.0955. The molecule has 0 aliphatic rings. The largest absolute Gasteiger partial charge is 0.457 e. The Hall–Kier alpha value is -4.43. The number of aromatic nitrogens is 2. The maximum atomic E-state index is 12.4. The molecule has 4 rings (SSSR count). The van der Waals surface area contributed by atoms with Crippen LogP contribution in [0, 0.1) is 0 Å². The van der Waals surface area contributed by atoms with Crippen LogP contribution in [0.4, 0.5) is 5.82 Å². The molecule has 4 N–H and O–H groups in total. The van der Waals surface area contributed by atoms with Gasteiger partial charge in [-0.05, 0) is 47.5 Å². The zero-order valence-corrected chi connectivity index (χ0v) is 17.7. The molecule has 1 heterocycles. The molecule has 0 radical (unpaired) electrons. The second-order valence-corrected chi connectivity index (χ2v) is 7.24. The van der Waals surface area contributed by atoms with Crippen LogP contribution in [-0.4, -0.2) is 27.0 Å². The van der Waals surface area contributed by atoms with E-state index in [1.165, 1.54) is 17.1 Å². The van der Waals surface area contributed by atoms with Crippen LogP contribution in [0.15, 0.2) is 96.2 Å². The highest BCUT2D eigenvalue weighted by atomic mass is 16.5. The van der Waals surface area contributed by atoms with E-state index in [1.54, 1.807) is 0 Å². The number of hydrazone groups is 1. The number of carbonyl (C=O) groups excluding carboxylic acids is 1. The van der Waals surface area contributed by atoms with E-state index in [0.717, 1.165) is 16.9 Å². The van der Waals surface area contributed by atoms with Crippen LogP contribution in [0.1, 0.15) is 27.6 Å². The van der Waals surface area contributed by atoms with Gasteiger partial charge in [-0.2, -0.15) is 10.2 Å². The van der Waals surface area contributed by atoms with Gasteiger partial charge in [-0.15, -0.1) is 0 Å². The number of nitrogens with one attached hydrogen (secondary N) is 1. The van der Waals surface area contributed by atoms with Crippen molar-refractivity contribution in [1.29, 1.82) is 0 Å². The summed E-state index contributed by atoms with van der Waals surface area (Å²) in [6, 6.07) is 25.9. The number of nitrogens with zero attached hydrogens (tertiary/aromatic N) is 3. The summed E-state index contributed by atoms with van der Waals surface area (Å²) in [5, 5.41) is 18.5. The zero-order chi connectivity index (χ0) is 23.0. The van der Waals surface area contributed by atoms with Crippen LogP contribution >= 0.6 is 0 Å². The number of carbonyl (C=O) groups is 1. The topological polar surface area (TPSA) is 115 Å². The van der Waals surface area contributed by atoms with E-state index in [-0.39, 0.29) is 17.9 Å². The first-order valence-corrected chi connectivity index (χ1v) is 10.3. The summed E-state index contributed by atoms with van der Waals surface area (Å²) in [6.07, 6.45) is 2.08. The average molecular weight is 441 g/mol. The van der Waals surface area contributed by atoms with Gasteiger partial charge in [0.15, 0.2) is 0 Å². The molecule has 166 valence electrons. The zero-order valence-electron chi connectivity index (χ0n) is 17.7. The predicted octanol–water partition coefficient (Wildman–Crippen LogP) is 3.76. The molecule has 33 heavy (non-hydrogen) atoms. The molecule has 0 fully saturated rings. The number of nitrogens with two attached hydrogens (primary N) is 1. The molecule has 0 saturated carbocycles. The Balaban J connectivity index is 1.33. The molecule has 1 atom stereocenters. The number of amides is 1. The van der Waals surface area contributed by atoms with E-state index in [9.17, 15) is 9.90 Å². The van der Waals surface area contributed by atoms with Crippen LogP contribution in [0.3, 0.4) is 0 Å². The van der Waals surface area contributed by atoms with Crippen molar-refractivity contribution >= 4 is 17.9 Å². The third-order valence-electron chi connectivity index (χ3n) is 4.89. The lowest BCUT2D eigenvalue weighted by Gasteiger charge is -2.12. The Morgan fingerprint density at radius 2 is 1.67 bits per heavy atom. The number of para-hydroxylation sites is 1. The van der Waals surface area contributed by atoms with Gasteiger partial charge in [-0.3, -0.25) is 4.79 Å². The van der Waals surface area contributed by atoms with E-state index in [0.29, 0.717) is 5.75 Å². The molecule has 1 unspecified atom stereocenters. The lowest BCUT2D eigenvalue weighted by atomic mass is 10.1. The van der Waals surface area contributed by atoms with Gasteiger partial charge in [0.25, 0.3) is 5.91 Å². The van der Waals surface area contributed by atoms with E-state index in [2.05, 4.69) is 15.6 Å². The van der Waals surface area contributed by atoms with Crippen LogP contribution in [0.25, 0.3) is 0 Å². The first-order chi connectivity index (χ1) is 16.1. The second-order valence-electron chi connectivity index (χ2n) is 7.24. The Labute approximate surface area is 190 Å². The molecule has 8 heteroatoms. The van der Waals surface area contributed by atoms with Crippen molar-refractivity contribution in [3.8, 4) is 11.5 Å². The number of benzene rings is 3. The molecule has 0 spiro atoms. The summed E-state index contributed by atoms with van der Waals surface area (Å²) >= 11 is 0. The highest BCUT2D eigenvalue weighted by Crippen LogP contribution is 2.21. The molecular weight excluding hydrogens is 418 g/mol. The van der Waals surface area contributed by atoms with Crippen molar-refractivity contribution in [2.24, 2.45) is 5.10 Å². The van der Waals surface area contributed by atoms with Crippen molar-refractivity contribution in [3.05, 3.63) is 108 Å². The molecule has 4 aromatic rings. The van der Waals surface area contributed by atoms with Crippen LogP contribution in [0.2, 0.25) is 0 Å². The summed E-state index contributed by atoms with van der Waals surface area (Å²) in [5.74, 6) is 1.11. The van der Waals surface area contributed by atoms with Crippen LogP contribution in [0.5, 0.6) is 11.5 Å². The van der Waals surface area contributed by atoms with Crippen LogP contribution in [-0.2, 0) is 6.54 Å². The first-order valence-electron chi connectivity index (χ1n) is 10.3.